The van der Waals surface area contributed by atoms with Crippen LogP contribution in [0.4, 0.5) is 9.59 Å². The molecule has 1 saturated heterocycles. The summed E-state index contributed by atoms with van der Waals surface area (Å²) < 4.78 is 42.5. The maximum atomic E-state index is 14.0. The van der Waals surface area contributed by atoms with E-state index < -0.39 is 126 Å². The SMILES string of the molecule is C=C(NCC[C@H](O)C(=O)N[C@@H]1C[C@H](NC(=O)OC(C)(C)C)[C@@H](O[C@H]2OC(CNCC(O)CCCN3C(=O)c4ccccc4C3=O)=CC[C@H]2NC(=O)CC(C)(C)C)[C@H](O)[C@H]1O[C@H]1OC[C@](C)(O)[C@H](N(C)C(=O)OC(C)(C)C)[C@H]1O)OC(C)(C)C. The Bertz CT molecular complexity index is 2430. The van der Waals surface area contributed by atoms with Gasteiger partial charge in [0.15, 0.2) is 12.2 Å². The summed E-state index contributed by atoms with van der Waals surface area (Å²) in [4.78, 5) is 82.8. The van der Waals surface area contributed by atoms with E-state index in [1.54, 1.807) is 71.9 Å². The fourth-order valence-corrected chi connectivity index (χ4v) is 10.1. The fourth-order valence-electron chi connectivity index (χ4n) is 10.1. The van der Waals surface area contributed by atoms with Crippen LogP contribution in [0.15, 0.2) is 48.6 Å². The van der Waals surface area contributed by atoms with Crippen molar-refractivity contribution in [3.8, 4) is 0 Å². The molecule has 0 spiro atoms. The molecule has 1 aromatic rings. The van der Waals surface area contributed by atoms with E-state index in [1.807, 2.05) is 41.5 Å². The van der Waals surface area contributed by atoms with Crippen molar-refractivity contribution >= 4 is 35.8 Å². The molecule has 5 rings (SSSR count). The Balaban J connectivity index is 1.43. The predicted molar refractivity (Wildman–Crippen MR) is 302 cm³/mol. The molecule has 6 amide bonds. The van der Waals surface area contributed by atoms with Gasteiger partial charge in [-0.05, 0) is 132 Å². The number of likely N-dealkylation sites (N-methyl/N-ethyl adjacent to an activating group) is 1. The van der Waals surface area contributed by atoms with Crippen molar-refractivity contribution in [3.05, 3.63) is 59.7 Å². The van der Waals surface area contributed by atoms with E-state index in [-0.39, 0.29) is 81.9 Å². The van der Waals surface area contributed by atoms with Gasteiger partial charge in [0, 0.05) is 33.1 Å². The second-order valence-corrected chi connectivity index (χ2v) is 26.3. The van der Waals surface area contributed by atoms with Crippen molar-refractivity contribution in [1.29, 1.82) is 0 Å². The van der Waals surface area contributed by atoms with E-state index >= 15 is 0 Å². The van der Waals surface area contributed by atoms with E-state index in [1.165, 1.54) is 18.9 Å². The van der Waals surface area contributed by atoms with Crippen LogP contribution >= 0.6 is 0 Å². The summed E-state index contributed by atoms with van der Waals surface area (Å²) in [7, 11) is 1.32. The van der Waals surface area contributed by atoms with Crippen molar-refractivity contribution in [2.24, 2.45) is 5.41 Å². The number of benzene rings is 1. The third kappa shape index (κ3) is 20.3. The van der Waals surface area contributed by atoms with Gasteiger partial charge in [0.1, 0.15) is 58.7 Å². The number of alkyl carbamates (subject to hydrolysis) is 1. The van der Waals surface area contributed by atoms with Crippen LogP contribution in [0.5, 0.6) is 0 Å². The van der Waals surface area contributed by atoms with Gasteiger partial charge in [-0.1, -0.05) is 32.9 Å². The van der Waals surface area contributed by atoms with Crippen molar-refractivity contribution < 1.29 is 87.5 Å². The van der Waals surface area contributed by atoms with Gasteiger partial charge >= 0.3 is 12.2 Å². The predicted octanol–water partition coefficient (Wildman–Crippen LogP) is 2.81. The molecule has 1 aromatic carbocycles. The van der Waals surface area contributed by atoms with Gasteiger partial charge in [-0.25, -0.2) is 9.59 Å². The molecule has 83 heavy (non-hydrogen) atoms. The molecule has 1 aliphatic carbocycles. The molecular formula is C58H93N7O18. The van der Waals surface area contributed by atoms with Gasteiger partial charge in [0.05, 0.1) is 54.5 Å². The highest BCUT2D eigenvalue weighted by Crippen LogP contribution is 2.35. The van der Waals surface area contributed by atoms with Crippen LogP contribution in [-0.2, 0) is 42.7 Å². The summed E-state index contributed by atoms with van der Waals surface area (Å²) >= 11 is 0. The van der Waals surface area contributed by atoms with E-state index in [9.17, 15) is 54.3 Å². The molecule has 1 unspecified atom stereocenters. The molecular weight excluding hydrogens is 1080 g/mol. The number of aliphatic hydroxyl groups excluding tert-OH is 4. The molecule has 0 aromatic heterocycles. The van der Waals surface area contributed by atoms with Crippen molar-refractivity contribution in [1.82, 2.24) is 36.4 Å². The smallest absolute Gasteiger partial charge is 0.410 e. The van der Waals surface area contributed by atoms with Gasteiger partial charge in [-0.2, -0.15) is 0 Å². The molecule has 25 heteroatoms. The highest BCUT2D eigenvalue weighted by Gasteiger charge is 2.55. The second kappa shape index (κ2) is 28.0. The molecule has 4 aliphatic rings. The van der Waals surface area contributed by atoms with E-state index in [0.29, 0.717) is 23.3 Å². The zero-order valence-corrected chi connectivity index (χ0v) is 50.7. The molecule has 10 N–H and O–H groups in total. The number of hydrogen-bond acceptors (Lipinski definition) is 20. The summed E-state index contributed by atoms with van der Waals surface area (Å²) in [5.41, 5.74) is -4.20. The Morgan fingerprint density at radius 3 is 1.96 bits per heavy atom. The minimum Gasteiger partial charge on any atom is -0.474 e. The zero-order chi connectivity index (χ0) is 62.2. The number of hydrogen-bond donors (Lipinski definition) is 10. The second-order valence-electron chi connectivity index (χ2n) is 26.3. The summed E-state index contributed by atoms with van der Waals surface area (Å²) in [5, 5.41) is 73.2. The Hall–Kier alpha value is -5.64. The van der Waals surface area contributed by atoms with Crippen LogP contribution in [0.1, 0.15) is 149 Å². The number of fused-ring (bicyclic) bond motifs is 1. The lowest BCUT2D eigenvalue weighted by molar-refractivity contribution is -0.311. The van der Waals surface area contributed by atoms with Crippen molar-refractivity contribution in [2.45, 2.75) is 224 Å². The quantitative estimate of drug-likeness (QED) is 0.0556. The third-order valence-corrected chi connectivity index (χ3v) is 13.6. The molecule has 3 aliphatic heterocycles. The zero-order valence-electron chi connectivity index (χ0n) is 50.7. The summed E-state index contributed by atoms with van der Waals surface area (Å²) in [6, 6.07) is 1.66. The number of rotatable bonds is 23. The Morgan fingerprint density at radius 2 is 1.39 bits per heavy atom. The summed E-state index contributed by atoms with van der Waals surface area (Å²) in [6.07, 6.45) is -12.3. The van der Waals surface area contributed by atoms with Crippen LogP contribution in [0, 0.1) is 5.41 Å². The minimum atomic E-state index is -1.90. The molecule has 0 bridgehead atoms. The molecule has 25 nitrogen and oxygen atoms in total. The normalized spacial score (nSPS) is 27.5. The first-order valence-electron chi connectivity index (χ1n) is 28.4. The lowest BCUT2D eigenvalue weighted by atomic mass is 9.82. The van der Waals surface area contributed by atoms with Gasteiger partial charge in [-0.3, -0.25) is 24.1 Å². The van der Waals surface area contributed by atoms with Crippen LogP contribution in [0.2, 0.25) is 0 Å². The van der Waals surface area contributed by atoms with Gasteiger partial charge in [-0.15, -0.1) is 0 Å². The average molecular weight is 1180 g/mol. The molecule has 0 radical (unpaired) electrons. The molecule has 468 valence electrons. The molecule has 1 saturated carbocycles. The Morgan fingerprint density at radius 1 is 0.807 bits per heavy atom. The first-order valence-corrected chi connectivity index (χ1v) is 28.4. The van der Waals surface area contributed by atoms with Gasteiger partial charge < -0.3 is 90.2 Å². The van der Waals surface area contributed by atoms with Crippen molar-refractivity contribution in [3.63, 3.8) is 0 Å². The summed E-state index contributed by atoms with van der Waals surface area (Å²) in [6.45, 7) is 26.0. The lowest BCUT2D eigenvalue weighted by Gasteiger charge is -2.50. The van der Waals surface area contributed by atoms with Crippen LogP contribution in [-0.4, -0.2) is 207 Å². The largest absolute Gasteiger partial charge is 0.474 e. The number of ether oxygens (including phenoxy) is 7. The number of aliphatic hydroxyl groups is 5. The number of imide groups is 1. The third-order valence-electron chi connectivity index (χ3n) is 13.6. The fraction of sp³-hybridized carbons (Fsp3) is 0.724. The number of nitrogens with one attached hydrogen (secondary N) is 5. The van der Waals surface area contributed by atoms with E-state index in [0.717, 1.165) is 4.90 Å². The van der Waals surface area contributed by atoms with E-state index in [2.05, 4.69) is 33.2 Å². The van der Waals surface area contributed by atoms with Crippen LogP contribution < -0.4 is 26.6 Å². The minimum absolute atomic E-state index is 0.0415. The van der Waals surface area contributed by atoms with Crippen molar-refractivity contribution in [2.75, 3.05) is 39.8 Å². The first-order chi connectivity index (χ1) is 38.3. The highest BCUT2D eigenvalue weighted by atomic mass is 16.7. The lowest BCUT2D eigenvalue weighted by Crippen LogP contribution is -2.71. The van der Waals surface area contributed by atoms with Gasteiger partial charge in [0.2, 0.25) is 18.1 Å². The Kier molecular flexibility index (Phi) is 23.0. The molecule has 13 atom stereocenters. The number of amides is 6. The summed E-state index contributed by atoms with van der Waals surface area (Å²) in [5.74, 6) is -1.51. The van der Waals surface area contributed by atoms with Gasteiger partial charge in [0.25, 0.3) is 11.8 Å². The number of carbonyl (C=O) groups is 6. The number of nitrogens with zero attached hydrogens (tertiary/aromatic N) is 2. The average Bonchev–Trinajstić information content (AvgIpc) is 2.61. The molecule has 3 heterocycles. The van der Waals surface area contributed by atoms with E-state index in [4.69, 9.17) is 33.2 Å². The standard InChI is InChI=1S/C58H93N7O18/c1-32(81-55(5,6)7)60-25-24-40(67)47(71)62-38-27-39(63-52(74)82-56(8,9)10)45(42(69)44(38)80-51-43(70)46(58(14,76)31-77-51)64(15)53(75)83-57(11,12)13)79-50-37(61-41(68)28-54(2,3)4)23-22-34(78-50)30-59-29-33(66)19-18-26-65-48(72)35-20-16-17-21-36(35)49(65)73/h16-17,20-22,33,37-40,42-46,50-51,59-60,66-67,69-70,76H,1,18-19,23-31H2,2-15H3,(H,61,68)(H,62,71)(H,63,74)/t33?,37-,38-,39+,40+,42-,43-,44+,45-,46-,50-,51-,58+/m1/s1. The van der Waals surface area contributed by atoms with Crippen LogP contribution in [0.3, 0.4) is 0 Å². The maximum absolute atomic E-state index is 14.0. The Labute approximate surface area is 487 Å². The topological polar surface area (TPSA) is 335 Å². The van der Waals surface area contributed by atoms with Crippen LogP contribution in [0.25, 0.3) is 0 Å². The maximum Gasteiger partial charge on any atom is 0.410 e. The highest BCUT2D eigenvalue weighted by molar-refractivity contribution is 6.21. The number of carbonyl (C=O) groups excluding carboxylic acids is 6. The molecule has 2 fully saturated rings. The monoisotopic (exact) mass is 1180 g/mol. The first kappa shape index (κ1) is 68.1.